The summed E-state index contributed by atoms with van der Waals surface area (Å²) in [5.74, 6) is -0.218. The van der Waals surface area contributed by atoms with Crippen molar-refractivity contribution in [3.8, 4) is 11.5 Å². The summed E-state index contributed by atoms with van der Waals surface area (Å²) < 4.78 is 5.53. The van der Waals surface area contributed by atoms with Gasteiger partial charge in [0.2, 0.25) is 0 Å². The number of aliphatic hydroxyl groups is 1. The molecule has 0 fully saturated rings. The molecule has 0 saturated carbocycles. The lowest BCUT2D eigenvalue weighted by molar-refractivity contribution is -0.152. The molecule has 3 aromatic carbocycles. The van der Waals surface area contributed by atoms with E-state index in [2.05, 4.69) is 0 Å². The molecule has 0 amide bonds. The number of aliphatic carboxylic acids is 1. The maximum atomic E-state index is 12.6. The number of rotatable bonds is 14. The summed E-state index contributed by atoms with van der Waals surface area (Å²) in [5, 5.41) is 34.7. The molecule has 0 spiro atoms. The van der Waals surface area contributed by atoms with Gasteiger partial charge in [-0.25, -0.2) is 0 Å². The highest BCUT2D eigenvalue weighted by molar-refractivity contribution is 5.76. The summed E-state index contributed by atoms with van der Waals surface area (Å²) >= 11 is 0. The lowest BCUT2D eigenvalue weighted by Crippen LogP contribution is -2.44. The van der Waals surface area contributed by atoms with Gasteiger partial charge in [-0.2, -0.15) is 0 Å². The zero-order valence-electron chi connectivity index (χ0n) is 27.8. The molecule has 0 aliphatic heterocycles. The fourth-order valence-electron chi connectivity index (χ4n) is 4.97. The number of likely N-dealkylation sites (N-methyl/N-ethyl adjacent to an activating group) is 2. The quantitative estimate of drug-likeness (QED) is 0.178. The number of phenolic OH excluding ortho intramolecular Hbond substituents is 2. The van der Waals surface area contributed by atoms with E-state index in [-0.39, 0.29) is 35.3 Å². The number of aromatic hydroxyl groups is 2. The second-order valence-corrected chi connectivity index (χ2v) is 11.6. The normalized spacial score (nSPS) is 12.2. The molecule has 9 heteroatoms. The van der Waals surface area contributed by atoms with Gasteiger partial charge in [-0.15, -0.1) is 0 Å². The molecule has 9 nitrogen and oxygen atoms in total. The first-order valence-corrected chi connectivity index (χ1v) is 15.2. The Morgan fingerprint density at radius 3 is 1.42 bits per heavy atom. The average Bonchev–Trinajstić information content (AvgIpc) is 3.01. The number of aliphatic hydroxyl groups excluding tert-OH is 1. The third-order valence-corrected chi connectivity index (χ3v) is 7.31. The number of carbonyl (C=O) groups is 2. The molecular formula is C36H52N2O7. The molecule has 3 aromatic rings. The summed E-state index contributed by atoms with van der Waals surface area (Å²) in [6, 6.07) is 23.2. The van der Waals surface area contributed by atoms with E-state index in [1.54, 1.807) is 24.3 Å². The summed E-state index contributed by atoms with van der Waals surface area (Å²) in [6.07, 6.45) is 1.58. The standard InChI is InChI=1S/C21H27NO3.C14H21NO3.CH4O/c1-16(2)20(21(24)25-15-18-7-5-4-6-8-18)22(3)14-13-17-9-11-19(23)12-10-17;1-10(2)13(14(17)18)15(3)9-8-11-4-6-12(16)7-5-11;1-2/h4-12,16,20,23H,13-15H2,1-3H3;4-7,10,13,16H,8-9H2,1-3H3,(H,17,18);2H,1H3/t20-;13-;/m00./s1. The number of carboxylic acids is 1. The number of esters is 1. The van der Waals surface area contributed by atoms with E-state index in [1.807, 2.05) is 106 Å². The van der Waals surface area contributed by atoms with Crippen LogP contribution in [0.4, 0.5) is 0 Å². The van der Waals surface area contributed by atoms with Gasteiger partial charge in [-0.1, -0.05) is 82.3 Å². The van der Waals surface area contributed by atoms with Gasteiger partial charge in [0.05, 0.1) is 0 Å². The Bertz CT molecular complexity index is 1230. The van der Waals surface area contributed by atoms with Crippen molar-refractivity contribution >= 4 is 11.9 Å². The molecule has 0 unspecified atom stereocenters. The molecule has 0 heterocycles. The van der Waals surface area contributed by atoms with Crippen LogP contribution in [0.25, 0.3) is 0 Å². The van der Waals surface area contributed by atoms with Gasteiger partial charge >= 0.3 is 11.9 Å². The topological polar surface area (TPSA) is 131 Å². The van der Waals surface area contributed by atoms with Crippen molar-refractivity contribution in [2.24, 2.45) is 11.8 Å². The molecular weight excluding hydrogens is 572 g/mol. The monoisotopic (exact) mass is 624 g/mol. The first kappa shape index (κ1) is 39.1. The highest BCUT2D eigenvalue weighted by Crippen LogP contribution is 2.16. The minimum Gasteiger partial charge on any atom is -0.508 e. The minimum atomic E-state index is -0.779. The van der Waals surface area contributed by atoms with Gasteiger partial charge < -0.3 is 25.2 Å². The smallest absolute Gasteiger partial charge is 0.323 e. The first-order valence-electron chi connectivity index (χ1n) is 15.2. The number of hydrogen-bond donors (Lipinski definition) is 4. The van der Waals surface area contributed by atoms with Crippen molar-refractivity contribution in [3.63, 3.8) is 0 Å². The van der Waals surface area contributed by atoms with Crippen LogP contribution in [0.3, 0.4) is 0 Å². The molecule has 248 valence electrons. The Balaban J connectivity index is 0.000000448. The predicted octanol–water partition coefficient (Wildman–Crippen LogP) is 5.22. The Labute approximate surface area is 268 Å². The highest BCUT2D eigenvalue weighted by atomic mass is 16.5. The fraction of sp³-hybridized carbons (Fsp3) is 0.444. The molecule has 45 heavy (non-hydrogen) atoms. The fourth-order valence-corrected chi connectivity index (χ4v) is 4.97. The predicted molar refractivity (Wildman–Crippen MR) is 178 cm³/mol. The lowest BCUT2D eigenvalue weighted by atomic mass is 10.0. The van der Waals surface area contributed by atoms with Gasteiger partial charge in [-0.05, 0) is 79.7 Å². The van der Waals surface area contributed by atoms with E-state index < -0.39 is 12.0 Å². The largest absolute Gasteiger partial charge is 0.508 e. The van der Waals surface area contributed by atoms with Gasteiger partial charge in [-0.3, -0.25) is 19.4 Å². The second kappa shape index (κ2) is 20.9. The van der Waals surface area contributed by atoms with Crippen LogP contribution in [-0.2, 0) is 33.8 Å². The number of ether oxygens (including phenoxy) is 1. The van der Waals surface area contributed by atoms with E-state index >= 15 is 0 Å². The molecule has 0 aromatic heterocycles. The molecule has 0 bridgehead atoms. The molecule has 0 saturated heterocycles. The Morgan fingerprint density at radius 2 is 1.04 bits per heavy atom. The van der Waals surface area contributed by atoms with E-state index in [0.717, 1.165) is 43.2 Å². The van der Waals surface area contributed by atoms with Crippen molar-refractivity contribution < 1.29 is 34.8 Å². The summed E-state index contributed by atoms with van der Waals surface area (Å²) in [4.78, 5) is 27.6. The average molecular weight is 625 g/mol. The van der Waals surface area contributed by atoms with Crippen LogP contribution < -0.4 is 0 Å². The van der Waals surface area contributed by atoms with Crippen LogP contribution in [0.15, 0.2) is 78.9 Å². The Kier molecular flexibility index (Phi) is 18.2. The molecule has 2 atom stereocenters. The highest BCUT2D eigenvalue weighted by Gasteiger charge is 2.28. The van der Waals surface area contributed by atoms with Crippen LogP contribution in [0.1, 0.15) is 44.4 Å². The van der Waals surface area contributed by atoms with Gasteiger partial charge in [0, 0.05) is 20.2 Å². The minimum absolute atomic E-state index is 0.0762. The molecule has 3 rings (SSSR count). The zero-order valence-corrected chi connectivity index (χ0v) is 27.8. The van der Waals surface area contributed by atoms with E-state index in [0.29, 0.717) is 13.2 Å². The summed E-state index contributed by atoms with van der Waals surface area (Å²) in [7, 11) is 4.79. The van der Waals surface area contributed by atoms with Crippen molar-refractivity contribution in [1.82, 2.24) is 9.80 Å². The number of hydrogen-bond acceptors (Lipinski definition) is 8. The van der Waals surface area contributed by atoms with Gasteiger partial charge in [0.1, 0.15) is 30.2 Å². The van der Waals surface area contributed by atoms with Crippen molar-refractivity contribution in [2.45, 2.75) is 59.2 Å². The van der Waals surface area contributed by atoms with Crippen LogP contribution in [-0.4, -0.2) is 88.5 Å². The van der Waals surface area contributed by atoms with Crippen LogP contribution in [0, 0.1) is 11.8 Å². The van der Waals surface area contributed by atoms with Crippen LogP contribution in [0.5, 0.6) is 11.5 Å². The van der Waals surface area contributed by atoms with Crippen LogP contribution in [0.2, 0.25) is 0 Å². The van der Waals surface area contributed by atoms with E-state index in [1.165, 1.54) is 0 Å². The number of carboxylic acid groups (broad SMARTS) is 1. The zero-order chi connectivity index (χ0) is 33.9. The molecule has 0 aliphatic rings. The molecule has 4 N–H and O–H groups in total. The lowest BCUT2D eigenvalue weighted by Gasteiger charge is -2.29. The van der Waals surface area contributed by atoms with E-state index in [4.69, 9.17) is 9.84 Å². The summed E-state index contributed by atoms with van der Waals surface area (Å²) in [5.41, 5.74) is 3.21. The SMILES string of the molecule is CC(C)[C@@H](C(=O)O)N(C)CCc1ccc(O)cc1.CC(C)[C@@H](C(=O)OCc1ccccc1)N(C)CCc1ccc(O)cc1.CO. The first-order chi connectivity index (χ1) is 21.4. The Morgan fingerprint density at radius 1 is 0.644 bits per heavy atom. The third-order valence-electron chi connectivity index (χ3n) is 7.31. The number of phenols is 2. The maximum Gasteiger partial charge on any atom is 0.323 e. The second-order valence-electron chi connectivity index (χ2n) is 11.6. The van der Waals surface area contributed by atoms with Gasteiger partial charge in [0.25, 0.3) is 0 Å². The summed E-state index contributed by atoms with van der Waals surface area (Å²) in [6.45, 7) is 9.62. The number of carbonyl (C=O) groups excluding carboxylic acids is 1. The molecule has 0 aliphatic carbocycles. The van der Waals surface area contributed by atoms with Crippen molar-refractivity contribution in [1.29, 1.82) is 0 Å². The number of nitrogens with zero attached hydrogens (tertiary/aromatic N) is 2. The molecule has 0 radical (unpaired) electrons. The van der Waals surface area contributed by atoms with Crippen molar-refractivity contribution in [2.75, 3.05) is 34.3 Å². The van der Waals surface area contributed by atoms with Crippen molar-refractivity contribution in [3.05, 3.63) is 95.6 Å². The van der Waals surface area contributed by atoms with E-state index in [9.17, 15) is 24.9 Å². The maximum absolute atomic E-state index is 12.6. The number of benzene rings is 3. The van der Waals surface area contributed by atoms with Gasteiger partial charge in [0.15, 0.2) is 0 Å². The Hall–Kier alpha value is -3.92. The third kappa shape index (κ3) is 14.6. The van der Waals surface area contributed by atoms with Crippen LogP contribution >= 0.6 is 0 Å².